The van der Waals surface area contributed by atoms with E-state index < -0.39 is 9.84 Å². The first-order valence-corrected chi connectivity index (χ1v) is 9.23. The van der Waals surface area contributed by atoms with E-state index in [0.29, 0.717) is 16.7 Å². The maximum Gasteiger partial charge on any atom is 0.175 e. The van der Waals surface area contributed by atoms with E-state index in [9.17, 15) is 8.42 Å². The average molecular weight is 295 g/mol. The van der Waals surface area contributed by atoms with Gasteiger partial charge in [-0.1, -0.05) is 32.4 Å². The van der Waals surface area contributed by atoms with Crippen LogP contribution in [0.5, 0.6) is 0 Å². The fourth-order valence-electron chi connectivity index (χ4n) is 3.14. The summed E-state index contributed by atoms with van der Waals surface area (Å²) >= 11 is 0. The van der Waals surface area contributed by atoms with E-state index in [-0.39, 0.29) is 6.04 Å². The van der Waals surface area contributed by atoms with Crippen LogP contribution in [-0.2, 0) is 9.84 Å². The van der Waals surface area contributed by atoms with Crippen LogP contribution in [0, 0.1) is 17.8 Å². The molecule has 0 bridgehead atoms. The summed E-state index contributed by atoms with van der Waals surface area (Å²) < 4.78 is 23.3. The highest BCUT2D eigenvalue weighted by molar-refractivity contribution is 7.90. The molecule has 1 aromatic carbocycles. The second-order valence-electron chi connectivity index (χ2n) is 6.40. The zero-order chi connectivity index (χ0) is 14.9. The lowest BCUT2D eigenvalue weighted by atomic mass is 9.72. The Kier molecular flexibility index (Phi) is 4.55. The second-order valence-corrected chi connectivity index (χ2v) is 8.41. The zero-order valence-corrected chi connectivity index (χ0v) is 13.4. The summed E-state index contributed by atoms with van der Waals surface area (Å²) in [7, 11) is -3.16. The van der Waals surface area contributed by atoms with Crippen molar-refractivity contribution in [1.29, 1.82) is 0 Å². The van der Waals surface area contributed by atoms with Crippen molar-refractivity contribution in [1.82, 2.24) is 0 Å². The van der Waals surface area contributed by atoms with Crippen LogP contribution in [-0.4, -0.2) is 14.7 Å². The van der Waals surface area contributed by atoms with Gasteiger partial charge in [0, 0.05) is 12.3 Å². The summed E-state index contributed by atoms with van der Waals surface area (Å²) in [6.07, 6.45) is 4.72. The molecule has 1 aromatic rings. The summed E-state index contributed by atoms with van der Waals surface area (Å²) in [4.78, 5) is 0.364. The van der Waals surface area contributed by atoms with E-state index in [1.165, 1.54) is 12.7 Å². The highest BCUT2D eigenvalue weighted by Gasteiger charge is 2.29. The smallest absolute Gasteiger partial charge is 0.175 e. The van der Waals surface area contributed by atoms with Crippen molar-refractivity contribution < 1.29 is 8.42 Å². The van der Waals surface area contributed by atoms with Gasteiger partial charge in [-0.15, -0.1) is 0 Å². The van der Waals surface area contributed by atoms with Gasteiger partial charge in [0.25, 0.3) is 0 Å². The van der Waals surface area contributed by atoms with Crippen LogP contribution in [0.25, 0.3) is 0 Å². The largest absolute Gasteiger partial charge is 0.324 e. The van der Waals surface area contributed by atoms with Gasteiger partial charge >= 0.3 is 0 Å². The van der Waals surface area contributed by atoms with E-state index >= 15 is 0 Å². The Morgan fingerprint density at radius 3 is 2.50 bits per heavy atom. The van der Waals surface area contributed by atoms with Crippen LogP contribution < -0.4 is 5.73 Å². The quantitative estimate of drug-likeness (QED) is 0.931. The van der Waals surface area contributed by atoms with E-state index in [4.69, 9.17) is 5.73 Å². The maximum atomic E-state index is 11.6. The molecule has 2 rings (SSSR count). The monoisotopic (exact) mass is 295 g/mol. The molecule has 0 saturated heterocycles. The van der Waals surface area contributed by atoms with Gasteiger partial charge in [0.2, 0.25) is 0 Å². The third-order valence-corrected chi connectivity index (χ3v) is 5.93. The number of sulfone groups is 1. The highest BCUT2D eigenvalue weighted by atomic mass is 32.2. The van der Waals surface area contributed by atoms with Gasteiger partial charge in [0.05, 0.1) is 4.90 Å². The Bertz CT molecular complexity index is 568. The van der Waals surface area contributed by atoms with Gasteiger partial charge in [-0.05, 0) is 48.3 Å². The molecule has 112 valence electrons. The molecule has 1 aliphatic rings. The summed E-state index contributed by atoms with van der Waals surface area (Å²) in [6, 6.07) is 7.05. The van der Waals surface area contributed by atoms with Crippen LogP contribution >= 0.6 is 0 Å². The van der Waals surface area contributed by atoms with Gasteiger partial charge in [-0.2, -0.15) is 0 Å². The molecule has 1 fully saturated rings. The second kappa shape index (κ2) is 5.86. The standard InChI is InChI=1S/C16H25NO2S/c1-11-7-8-14(9-12(11)2)16(17)13-5-4-6-15(10-13)20(3,18)19/h4-6,10-12,14,16H,7-9,17H2,1-3H3. The first kappa shape index (κ1) is 15.5. The molecule has 0 spiro atoms. The van der Waals surface area contributed by atoms with E-state index in [1.807, 2.05) is 6.07 Å². The molecule has 4 atom stereocenters. The van der Waals surface area contributed by atoms with Crippen molar-refractivity contribution in [3.63, 3.8) is 0 Å². The Morgan fingerprint density at radius 2 is 1.90 bits per heavy atom. The van der Waals surface area contributed by atoms with Crippen molar-refractivity contribution in [3.05, 3.63) is 29.8 Å². The molecule has 1 aliphatic carbocycles. The topological polar surface area (TPSA) is 60.2 Å². The molecule has 0 radical (unpaired) electrons. The van der Waals surface area contributed by atoms with Gasteiger partial charge in [-0.3, -0.25) is 0 Å². The highest BCUT2D eigenvalue weighted by Crippen LogP contribution is 2.39. The molecular weight excluding hydrogens is 270 g/mol. The van der Waals surface area contributed by atoms with E-state index in [0.717, 1.165) is 24.3 Å². The van der Waals surface area contributed by atoms with Crippen LogP contribution in [0.2, 0.25) is 0 Å². The molecule has 4 unspecified atom stereocenters. The molecular formula is C16H25NO2S. The number of nitrogens with two attached hydrogens (primary N) is 1. The van der Waals surface area contributed by atoms with E-state index in [2.05, 4.69) is 13.8 Å². The molecule has 4 heteroatoms. The molecule has 0 aliphatic heterocycles. The Hall–Kier alpha value is -0.870. The van der Waals surface area contributed by atoms with Crippen LogP contribution in [0.15, 0.2) is 29.2 Å². The van der Waals surface area contributed by atoms with Gasteiger partial charge in [-0.25, -0.2) is 8.42 Å². The summed E-state index contributed by atoms with van der Waals surface area (Å²) in [5, 5.41) is 0. The van der Waals surface area contributed by atoms with Crippen LogP contribution in [0.4, 0.5) is 0 Å². The Balaban J connectivity index is 2.19. The minimum atomic E-state index is -3.16. The van der Waals surface area contributed by atoms with Crippen molar-refractivity contribution in [3.8, 4) is 0 Å². The lowest BCUT2D eigenvalue weighted by Crippen LogP contribution is -2.29. The molecule has 0 heterocycles. The van der Waals surface area contributed by atoms with Gasteiger partial charge in [0.1, 0.15) is 0 Å². The first-order chi connectivity index (χ1) is 9.29. The number of hydrogen-bond acceptors (Lipinski definition) is 3. The first-order valence-electron chi connectivity index (χ1n) is 7.34. The predicted molar refractivity (Wildman–Crippen MR) is 82.1 cm³/mol. The van der Waals surface area contributed by atoms with E-state index in [1.54, 1.807) is 18.2 Å². The minimum absolute atomic E-state index is 0.0633. The predicted octanol–water partition coefficient (Wildman–Crippen LogP) is 3.16. The third-order valence-electron chi connectivity index (χ3n) is 4.82. The summed E-state index contributed by atoms with van der Waals surface area (Å²) in [5.74, 6) is 1.91. The molecule has 20 heavy (non-hydrogen) atoms. The van der Waals surface area contributed by atoms with Gasteiger partial charge < -0.3 is 5.73 Å². The molecule has 3 nitrogen and oxygen atoms in total. The number of hydrogen-bond donors (Lipinski definition) is 1. The molecule has 0 aromatic heterocycles. The average Bonchev–Trinajstić information content (AvgIpc) is 2.40. The van der Waals surface area contributed by atoms with Crippen molar-refractivity contribution >= 4 is 9.84 Å². The molecule has 0 amide bonds. The van der Waals surface area contributed by atoms with Crippen molar-refractivity contribution in [2.45, 2.75) is 44.0 Å². The minimum Gasteiger partial charge on any atom is -0.324 e. The van der Waals surface area contributed by atoms with Crippen LogP contribution in [0.3, 0.4) is 0 Å². The normalized spacial score (nSPS) is 29.1. The molecule has 1 saturated carbocycles. The fraction of sp³-hybridized carbons (Fsp3) is 0.625. The molecule has 2 N–H and O–H groups in total. The zero-order valence-electron chi connectivity index (χ0n) is 12.5. The summed E-state index contributed by atoms with van der Waals surface area (Å²) in [6.45, 7) is 4.59. The van der Waals surface area contributed by atoms with Crippen LogP contribution in [0.1, 0.15) is 44.7 Å². The lowest BCUT2D eigenvalue weighted by Gasteiger charge is -2.35. The Labute approximate surface area is 122 Å². The number of rotatable bonds is 3. The summed E-state index contributed by atoms with van der Waals surface area (Å²) in [5.41, 5.74) is 7.34. The third kappa shape index (κ3) is 3.41. The number of benzene rings is 1. The van der Waals surface area contributed by atoms with Gasteiger partial charge in [0.15, 0.2) is 9.84 Å². The SMILES string of the molecule is CC1CCC(C(N)c2cccc(S(C)(=O)=O)c2)CC1C. The fourth-order valence-corrected chi connectivity index (χ4v) is 3.82. The van der Waals surface area contributed by atoms with Crippen molar-refractivity contribution in [2.24, 2.45) is 23.5 Å². The van der Waals surface area contributed by atoms with Crippen molar-refractivity contribution in [2.75, 3.05) is 6.26 Å². The lowest BCUT2D eigenvalue weighted by molar-refractivity contribution is 0.186. The Morgan fingerprint density at radius 1 is 1.20 bits per heavy atom. The maximum absolute atomic E-state index is 11.6.